The first-order valence-corrected chi connectivity index (χ1v) is 13.0. The second-order valence-corrected chi connectivity index (χ2v) is 10.9. The van der Waals surface area contributed by atoms with E-state index >= 15 is 0 Å². The number of benzene rings is 1. The number of anilines is 1. The van der Waals surface area contributed by atoms with Crippen LogP contribution in [-0.2, 0) is 31.3 Å². The van der Waals surface area contributed by atoms with Gasteiger partial charge in [0.05, 0.1) is 11.3 Å². The summed E-state index contributed by atoms with van der Waals surface area (Å²) >= 11 is 8.71. The summed E-state index contributed by atoms with van der Waals surface area (Å²) in [5.41, 5.74) is 8.02. The number of rotatable bonds is 8. The molecule has 1 aliphatic carbocycles. The van der Waals surface area contributed by atoms with Crippen LogP contribution in [0.2, 0.25) is 5.02 Å². The Bertz CT molecular complexity index is 1240. The van der Waals surface area contributed by atoms with E-state index in [1.54, 1.807) is 10.6 Å². The normalized spacial score (nSPS) is 15.1. The highest BCUT2D eigenvalue weighted by Crippen LogP contribution is 2.39. The molecule has 0 fully saturated rings. The minimum absolute atomic E-state index is 0.125. The summed E-state index contributed by atoms with van der Waals surface area (Å²) < 4.78 is 7.64. The molecule has 8 nitrogen and oxygen atoms in total. The molecule has 0 spiro atoms. The molecule has 11 heteroatoms. The zero-order chi connectivity index (χ0) is 24.4. The Morgan fingerprint density at radius 1 is 1.38 bits per heavy atom. The molecule has 34 heavy (non-hydrogen) atoms. The smallest absolute Gasteiger partial charge is 0.251 e. The Balaban J connectivity index is 1.37. The number of nitrogens with one attached hydrogen (secondary N) is 1. The summed E-state index contributed by atoms with van der Waals surface area (Å²) in [7, 11) is 1.83. The lowest BCUT2D eigenvalue weighted by Crippen LogP contribution is -2.20. The summed E-state index contributed by atoms with van der Waals surface area (Å²) in [4.78, 5) is 25.9. The second kappa shape index (κ2) is 10.4. The van der Waals surface area contributed by atoms with Crippen LogP contribution >= 0.6 is 34.7 Å². The van der Waals surface area contributed by atoms with Crippen molar-refractivity contribution < 1.29 is 14.3 Å². The van der Waals surface area contributed by atoms with E-state index in [2.05, 4.69) is 22.4 Å². The molecule has 0 radical (unpaired) electrons. The van der Waals surface area contributed by atoms with Gasteiger partial charge < -0.3 is 20.4 Å². The van der Waals surface area contributed by atoms with Crippen molar-refractivity contribution in [3.8, 4) is 5.75 Å². The molecule has 2 aromatic heterocycles. The lowest BCUT2D eigenvalue weighted by molar-refractivity contribution is -0.113. The van der Waals surface area contributed by atoms with E-state index in [-0.39, 0.29) is 18.3 Å². The molecular weight excluding hydrogens is 494 g/mol. The van der Waals surface area contributed by atoms with Gasteiger partial charge in [-0.1, -0.05) is 30.3 Å². The van der Waals surface area contributed by atoms with Crippen molar-refractivity contribution >= 4 is 51.5 Å². The molecule has 4 rings (SSSR count). The van der Waals surface area contributed by atoms with Crippen LogP contribution in [0, 0.1) is 12.8 Å². The molecule has 0 saturated carbocycles. The number of carbonyl (C=O) groups is 2. The minimum atomic E-state index is -0.496. The lowest BCUT2D eigenvalue weighted by Gasteiger charge is -2.18. The number of nitrogens with zero attached hydrogens (tertiary/aromatic N) is 3. The zero-order valence-electron chi connectivity index (χ0n) is 19.2. The van der Waals surface area contributed by atoms with Crippen LogP contribution in [0.3, 0.4) is 0 Å². The number of thiophene rings is 1. The number of fused-ring (bicyclic) bond motifs is 1. The highest BCUT2D eigenvalue weighted by atomic mass is 35.5. The predicted molar refractivity (Wildman–Crippen MR) is 135 cm³/mol. The largest absolute Gasteiger partial charge is 0.485 e. The first kappa shape index (κ1) is 24.6. The van der Waals surface area contributed by atoms with Crippen molar-refractivity contribution in [1.82, 2.24) is 14.8 Å². The first-order chi connectivity index (χ1) is 16.2. The number of aryl methyl sites for hydroxylation is 1. The van der Waals surface area contributed by atoms with Crippen LogP contribution in [0.5, 0.6) is 5.75 Å². The van der Waals surface area contributed by atoms with Gasteiger partial charge in [0.1, 0.15) is 17.4 Å². The first-order valence-electron chi connectivity index (χ1n) is 10.9. The molecule has 3 N–H and O–H groups in total. The Labute approximate surface area is 211 Å². The highest BCUT2D eigenvalue weighted by molar-refractivity contribution is 7.99. The molecule has 180 valence electrons. The summed E-state index contributed by atoms with van der Waals surface area (Å²) in [6.45, 7) is 4.35. The molecular formula is C23H26ClN5O3S2. The monoisotopic (exact) mass is 519 g/mol. The molecule has 0 saturated heterocycles. The Morgan fingerprint density at radius 2 is 2.18 bits per heavy atom. The van der Waals surface area contributed by atoms with Gasteiger partial charge in [0.25, 0.3) is 5.91 Å². The number of hydrogen-bond donors (Lipinski definition) is 2. The van der Waals surface area contributed by atoms with Gasteiger partial charge in [0, 0.05) is 16.9 Å². The lowest BCUT2D eigenvalue weighted by atomic mass is 9.88. The zero-order valence-corrected chi connectivity index (χ0v) is 21.6. The third-order valence-electron chi connectivity index (χ3n) is 5.76. The maximum atomic E-state index is 12.7. The van der Waals surface area contributed by atoms with Gasteiger partial charge in [-0.3, -0.25) is 9.59 Å². The third-order valence-corrected chi connectivity index (χ3v) is 8.19. The number of nitrogens with two attached hydrogens (primary N) is 1. The number of aromatic nitrogens is 3. The molecule has 2 amide bonds. The van der Waals surface area contributed by atoms with Gasteiger partial charge in [-0.2, -0.15) is 0 Å². The van der Waals surface area contributed by atoms with Crippen molar-refractivity contribution in [3.05, 3.63) is 50.6 Å². The van der Waals surface area contributed by atoms with Crippen LogP contribution in [0.25, 0.3) is 0 Å². The topological polar surface area (TPSA) is 112 Å². The molecule has 1 aromatic carbocycles. The molecule has 3 aromatic rings. The summed E-state index contributed by atoms with van der Waals surface area (Å²) in [5, 5.41) is 13.0. The Morgan fingerprint density at radius 3 is 2.91 bits per heavy atom. The van der Waals surface area contributed by atoms with Crippen LogP contribution in [0.15, 0.2) is 23.4 Å². The standard InChI is InChI=1S/C23H26ClN5O3S2/c1-12-4-6-15-17(8-12)34-22(20(15)21(25)31)26-19(30)11-33-23-28-27-18(29(23)3)10-32-16-7-5-14(24)9-13(16)2/h5,7,9,12H,4,6,8,10-11H2,1-3H3,(H2,25,31)(H,26,30). The van der Waals surface area contributed by atoms with Gasteiger partial charge in [0.2, 0.25) is 5.91 Å². The molecule has 1 atom stereocenters. The fourth-order valence-corrected chi connectivity index (χ4v) is 6.29. The van der Waals surface area contributed by atoms with E-state index in [1.165, 1.54) is 23.1 Å². The van der Waals surface area contributed by atoms with Crippen LogP contribution in [-0.4, -0.2) is 32.3 Å². The van der Waals surface area contributed by atoms with E-state index in [9.17, 15) is 9.59 Å². The van der Waals surface area contributed by atoms with Gasteiger partial charge in [0.15, 0.2) is 11.0 Å². The summed E-state index contributed by atoms with van der Waals surface area (Å²) in [5.74, 6) is 1.32. The Hall–Kier alpha value is -2.56. The fraction of sp³-hybridized carbons (Fsp3) is 0.391. The maximum Gasteiger partial charge on any atom is 0.251 e. The predicted octanol–water partition coefficient (Wildman–Crippen LogP) is 4.37. The van der Waals surface area contributed by atoms with E-state index in [0.29, 0.717) is 32.5 Å². The average molecular weight is 520 g/mol. The van der Waals surface area contributed by atoms with Gasteiger partial charge >= 0.3 is 0 Å². The molecule has 1 unspecified atom stereocenters. The second-order valence-electron chi connectivity index (χ2n) is 8.41. The number of amides is 2. The number of hydrogen-bond acceptors (Lipinski definition) is 7. The van der Waals surface area contributed by atoms with Gasteiger partial charge in [-0.25, -0.2) is 0 Å². The van der Waals surface area contributed by atoms with Crippen LogP contribution < -0.4 is 15.8 Å². The number of halogens is 1. The number of thioether (sulfide) groups is 1. The van der Waals surface area contributed by atoms with E-state index in [0.717, 1.165) is 41.0 Å². The number of primary amides is 1. The van der Waals surface area contributed by atoms with Crippen molar-refractivity contribution in [2.75, 3.05) is 11.1 Å². The van der Waals surface area contributed by atoms with Crippen molar-refractivity contribution in [1.29, 1.82) is 0 Å². The molecule has 0 aliphatic heterocycles. The van der Waals surface area contributed by atoms with E-state index in [1.807, 2.05) is 26.1 Å². The molecule has 0 bridgehead atoms. The van der Waals surface area contributed by atoms with Crippen LogP contribution in [0.4, 0.5) is 5.00 Å². The summed E-state index contributed by atoms with van der Waals surface area (Å²) in [6, 6.07) is 5.42. The Kier molecular flexibility index (Phi) is 7.49. The van der Waals surface area contributed by atoms with Gasteiger partial charge in [-0.05, 0) is 61.4 Å². The fourth-order valence-electron chi connectivity index (χ4n) is 3.91. The molecule has 1 aliphatic rings. The third kappa shape index (κ3) is 5.39. The number of ether oxygens (including phenoxy) is 1. The highest BCUT2D eigenvalue weighted by Gasteiger charge is 2.27. The van der Waals surface area contributed by atoms with Crippen molar-refractivity contribution in [3.63, 3.8) is 0 Å². The van der Waals surface area contributed by atoms with Gasteiger partial charge in [-0.15, -0.1) is 21.5 Å². The van der Waals surface area contributed by atoms with Crippen LogP contribution in [0.1, 0.15) is 45.5 Å². The summed E-state index contributed by atoms with van der Waals surface area (Å²) in [6.07, 6.45) is 2.74. The molecule has 2 heterocycles. The number of carbonyl (C=O) groups excluding carboxylic acids is 2. The van der Waals surface area contributed by atoms with Crippen molar-refractivity contribution in [2.45, 2.75) is 44.9 Å². The SMILES string of the molecule is Cc1cc(Cl)ccc1OCc1nnc(SCC(=O)Nc2sc3c(c2C(N)=O)CCC(C)C3)n1C. The minimum Gasteiger partial charge on any atom is -0.485 e. The van der Waals surface area contributed by atoms with Crippen molar-refractivity contribution in [2.24, 2.45) is 18.7 Å². The quantitative estimate of drug-likeness (QED) is 0.427. The van der Waals surface area contributed by atoms with E-state index < -0.39 is 5.91 Å². The maximum absolute atomic E-state index is 12.7. The van der Waals surface area contributed by atoms with E-state index in [4.69, 9.17) is 22.1 Å². The average Bonchev–Trinajstić information content (AvgIpc) is 3.30.